The molecule has 0 aromatic heterocycles. The van der Waals surface area contributed by atoms with Gasteiger partial charge in [-0.25, -0.2) is 0 Å². The molecule has 0 heterocycles. The summed E-state index contributed by atoms with van der Waals surface area (Å²) in [4.78, 5) is 0. The van der Waals surface area contributed by atoms with Gasteiger partial charge in [-0.05, 0) is 24.1 Å². The quantitative estimate of drug-likeness (QED) is 0.689. The van der Waals surface area contributed by atoms with Crippen LogP contribution in [0.1, 0.15) is 57.1 Å². The zero-order chi connectivity index (χ0) is 12.5. The van der Waals surface area contributed by atoms with Crippen molar-refractivity contribution in [2.24, 2.45) is 0 Å². The van der Waals surface area contributed by atoms with E-state index in [1.807, 2.05) is 24.3 Å². The molecule has 0 aliphatic heterocycles. The highest BCUT2D eigenvalue weighted by atomic mass is 16.5. The lowest BCUT2D eigenvalue weighted by Gasteiger charge is -2.11. The lowest BCUT2D eigenvalue weighted by atomic mass is 10.0. The number of benzene rings is 1. The fourth-order valence-corrected chi connectivity index (χ4v) is 1.93. The van der Waals surface area contributed by atoms with E-state index in [1.54, 1.807) is 7.11 Å². The van der Waals surface area contributed by atoms with Crippen molar-refractivity contribution in [3.05, 3.63) is 29.8 Å². The molecule has 0 unspecified atom stereocenters. The minimum Gasteiger partial charge on any atom is -0.497 e. The summed E-state index contributed by atoms with van der Waals surface area (Å²) >= 11 is 0. The van der Waals surface area contributed by atoms with Crippen LogP contribution in [-0.2, 0) is 0 Å². The van der Waals surface area contributed by atoms with Gasteiger partial charge < -0.3 is 9.84 Å². The summed E-state index contributed by atoms with van der Waals surface area (Å²) in [5, 5.41) is 10.00. The third-order valence-electron chi connectivity index (χ3n) is 3.08. The van der Waals surface area contributed by atoms with Crippen LogP contribution in [0, 0.1) is 0 Å². The monoisotopic (exact) mass is 236 g/mol. The molecule has 0 radical (unpaired) electrons. The highest BCUT2D eigenvalue weighted by Crippen LogP contribution is 2.22. The average molecular weight is 236 g/mol. The smallest absolute Gasteiger partial charge is 0.118 e. The second-order valence-electron chi connectivity index (χ2n) is 4.49. The summed E-state index contributed by atoms with van der Waals surface area (Å²) in [6, 6.07) is 7.68. The van der Waals surface area contributed by atoms with Gasteiger partial charge in [-0.1, -0.05) is 51.2 Å². The maximum Gasteiger partial charge on any atom is 0.118 e. The number of ether oxygens (including phenoxy) is 1. The van der Waals surface area contributed by atoms with Gasteiger partial charge in [0.15, 0.2) is 0 Å². The number of hydrogen-bond acceptors (Lipinski definition) is 2. The number of hydrogen-bond donors (Lipinski definition) is 1. The first-order valence-electron chi connectivity index (χ1n) is 6.60. The minimum absolute atomic E-state index is 0.331. The molecule has 1 aromatic rings. The highest BCUT2D eigenvalue weighted by Gasteiger charge is 2.06. The largest absolute Gasteiger partial charge is 0.497 e. The summed E-state index contributed by atoms with van der Waals surface area (Å²) < 4.78 is 5.09. The zero-order valence-electron chi connectivity index (χ0n) is 11.0. The standard InChI is InChI=1S/C15H24O2/c1-3-4-5-6-7-8-15(16)13-9-11-14(17-2)12-10-13/h9-12,15-16H,3-8H2,1-2H3/t15-/m0/s1. The van der Waals surface area contributed by atoms with Crippen LogP contribution in [0.3, 0.4) is 0 Å². The van der Waals surface area contributed by atoms with Crippen molar-refractivity contribution in [3.63, 3.8) is 0 Å². The molecule has 0 aliphatic carbocycles. The first kappa shape index (κ1) is 14.0. The summed E-state index contributed by atoms with van der Waals surface area (Å²) in [6.07, 6.45) is 6.71. The Morgan fingerprint density at radius 1 is 1.06 bits per heavy atom. The van der Waals surface area contributed by atoms with Crippen LogP contribution in [0.15, 0.2) is 24.3 Å². The molecular weight excluding hydrogens is 212 g/mol. The number of aliphatic hydroxyl groups excluding tert-OH is 1. The van der Waals surface area contributed by atoms with Crippen LogP contribution in [0.2, 0.25) is 0 Å². The Balaban J connectivity index is 2.28. The first-order chi connectivity index (χ1) is 8.27. The Bertz CT molecular complexity index is 292. The van der Waals surface area contributed by atoms with Crippen LogP contribution >= 0.6 is 0 Å². The number of rotatable bonds is 8. The Morgan fingerprint density at radius 2 is 1.71 bits per heavy atom. The lowest BCUT2D eigenvalue weighted by Crippen LogP contribution is -1.97. The number of methoxy groups -OCH3 is 1. The summed E-state index contributed by atoms with van der Waals surface area (Å²) in [5.74, 6) is 0.837. The SMILES string of the molecule is CCCCCCC[C@H](O)c1ccc(OC)cc1. The van der Waals surface area contributed by atoms with Gasteiger partial charge >= 0.3 is 0 Å². The molecule has 2 heteroatoms. The highest BCUT2D eigenvalue weighted by molar-refractivity contribution is 5.28. The van der Waals surface area contributed by atoms with Crippen molar-refractivity contribution in [2.75, 3.05) is 7.11 Å². The van der Waals surface area contributed by atoms with E-state index in [0.29, 0.717) is 0 Å². The van der Waals surface area contributed by atoms with Crippen LogP contribution in [-0.4, -0.2) is 12.2 Å². The summed E-state index contributed by atoms with van der Waals surface area (Å²) in [7, 11) is 1.65. The summed E-state index contributed by atoms with van der Waals surface area (Å²) in [5.41, 5.74) is 0.987. The second-order valence-corrected chi connectivity index (χ2v) is 4.49. The molecule has 0 amide bonds. The maximum atomic E-state index is 10.00. The van der Waals surface area contributed by atoms with E-state index in [9.17, 15) is 5.11 Å². The molecule has 0 fully saturated rings. The molecule has 1 atom stereocenters. The topological polar surface area (TPSA) is 29.5 Å². The van der Waals surface area contributed by atoms with Crippen molar-refractivity contribution in [1.82, 2.24) is 0 Å². The Morgan fingerprint density at radius 3 is 2.29 bits per heavy atom. The Kier molecular flexibility index (Phi) is 6.71. The van der Waals surface area contributed by atoms with E-state index >= 15 is 0 Å². The predicted molar refractivity (Wildman–Crippen MR) is 71.3 cm³/mol. The average Bonchev–Trinajstić information content (AvgIpc) is 2.38. The van der Waals surface area contributed by atoms with Crippen molar-refractivity contribution in [1.29, 1.82) is 0 Å². The van der Waals surface area contributed by atoms with Gasteiger partial charge in [-0.2, -0.15) is 0 Å². The number of aliphatic hydroxyl groups is 1. The fourth-order valence-electron chi connectivity index (χ4n) is 1.93. The molecule has 1 aromatic carbocycles. The molecule has 0 saturated carbocycles. The van der Waals surface area contributed by atoms with E-state index in [4.69, 9.17) is 4.74 Å². The van der Waals surface area contributed by atoms with Gasteiger partial charge in [-0.3, -0.25) is 0 Å². The Hall–Kier alpha value is -1.02. The van der Waals surface area contributed by atoms with Gasteiger partial charge in [0, 0.05) is 0 Å². The molecule has 2 nitrogen and oxygen atoms in total. The van der Waals surface area contributed by atoms with Gasteiger partial charge in [0.25, 0.3) is 0 Å². The molecule has 0 spiro atoms. The van der Waals surface area contributed by atoms with Crippen molar-refractivity contribution >= 4 is 0 Å². The molecule has 0 aliphatic rings. The molecule has 17 heavy (non-hydrogen) atoms. The normalized spacial score (nSPS) is 12.4. The molecule has 1 rings (SSSR count). The van der Waals surface area contributed by atoms with Crippen molar-refractivity contribution in [3.8, 4) is 5.75 Å². The van der Waals surface area contributed by atoms with Crippen LogP contribution in [0.4, 0.5) is 0 Å². The van der Waals surface area contributed by atoms with Crippen molar-refractivity contribution < 1.29 is 9.84 Å². The molecule has 1 N–H and O–H groups in total. The lowest BCUT2D eigenvalue weighted by molar-refractivity contribution is 0.163. The fraction of sp³-hybridized carbons (Fsp3) is 0.600. The van der Waals surface area contributed by atoms with Gasteiger partial charge in [0.1, 0.15) is 5.75 Å². The number of unbranched alkanes of at least 4 members (excludes halogenated alkanes) is 4. The van der Waals surface area contributed by atoms with Crippen LogP contribution in [0.25, 0.3) is 0 Å². The van der Waals surface area contributed by atoms with Crippen LogP contribution in [0.5, 0.6) is 5.75 Å². The van der Waals surface area contributed by atoms with E-state index < -0.39 is 0 Å². The van der Waals surface area contributed by atoms with E-state index in [2.05, 4.69) is 6.92 Å². The third kappa shape index (κ3) is 5.22. The molecule has 0 bridgehead atoms. The molecular formula is C15H24O2. The predicted octanol–water partition coefficient (Wildman–Crippen LogP) is 4.09. The summed E-state index contributed by atoms with van der Waals surface area (Å²) in [6.45, 7) is 2.21. The zero-order valence-corrected chi connectivity index (χ0v) is 11.0. The third-order valence-corrected chi connectivity index (χ3v) is 3.08. The van der Waals surface area contributed by atoms with Crippen molar-refractivity contribution in [2.45, 2.75) is 51.6 Å². The Labute approximate surface area is 105 Å². The molecule has 96 valence electrons. The van der Waals surface area contributed by atoms with E-state index in [1.165, 1.54) is 25.7 Å². The maximum absolute atomic E-state index is 10.00. The first-order valence-corrected chi connectivity index (χ1v) is 6.60. The van der Waals surface area contributed by atoms with Gasteiger partial charge in [-0.15, -0.1) is 0 Å². The van der Waals surface area contributed by atoms with E-state index in [-0.39, 0.29) is 6.10 Å². The van der Waals surface area contributed by atoms with Gasteiger partial charge in [0.05, 0.1) is 13.2 Å². The van der Waals surface area contributed by atoms with E-state index in [0.717, 1.165) is 24.2 Å². The van der Waals surface area contributed by atoms with Gasteiger partial charge in [0.2, 0.25) is 0 Å². The second kappa shape index (κ2) is 8.13. The van der Waals surface area contributed by atoms with Crippen LogP contribution < -0.4 is 4.74 Å². The molecule has 0 saturated heterocycles. The minimum atomic E-state index is -0.331.